The SMILES string of the molecule is [2H]C([2H])([2H])Oc1c(F)cccc1Oc1ccc(C(O)c2c[nH]c3ncc4c(c23)N[C@@](C)(COC)C(=O)N4)c(Cl)c1. The molecule has 37 heavy (non-hydrogen) atoms. The quantitative estimate of drug-likeness (QED) is 0.266. The van der Waals surface area contributed by atoms with Gasteiger partial charge in [-0.1, -0.05) is 23.7 Å². The molecule has 3 heterocycles. The molecule has 1 aliphatic heterocycles. The van der Waals surface area contributed by atoms with Crippen LogP contribution in [0, 0.1) is 5.82 Å². The number of hydrogen-bond acceptors (Lipinski definition) is 7. The van der Waals surface area contributed by atoms with Crippen molar-refractivity contribution in [1.29, 1.82) is 0 Å². The molecule has 9 nitrogen and oxygen atoms in total. The van der Waals surface area contributed by atoms with E-state index in [1.54, 1.807) is 13.1 Å². The maximum Gasteiger partial charge on any atom is 0.252 e. The van der Waals surface area contributed by atoms with Crippen LogP contribution in [0.15, 0.2) is 48.8 Å². The molecular weight excluding hydrogens is 503 g/mol. The fraction of sp³-hybridized carbons (Fsp3) is 0.231. The van der Waals surface area contributed by atoms with Crippen LogP contribution in [0.2, 0.25) is 5.02 Å². The Balaban J connectivity index is 1.48. The van der Waals surface area contributed by atoms with E-state index in [2.05, 4.69) is 20.6 Å². The minimum absolute atomic E-state index is 0.0993. The van der Waals surface area contributed by atoms with Gasteiger partial charge in [-0.2, -0.15) is 0 Å². The van der Waals surface area contributed by atoms with Crippen LogP contribution in [0.25, 0.3) is 11.0 Å². The molecule has 0 spiro atoms. The lowest BCUT2D eigenvalue weighted by molar-refractivity contribution is -0.121. The van der Waals surface area contributed by atoms with E-state index < -0.39 is 30.2 Å². The molecule has 1 aliphatic rings. The van der Waals surface area contributed by atoms with Crippen LogP contribution >= 0.6 is 11.6 Å². The van der Waals surface area contributed by atoms with Gasteiger partial charge in [0.1, 0.15) is 23.0 Å². The third-order valence-electron chi connectivity index (χ3n) is 6.14. The van der Waals surface area contributed by atoms with Crippen molar-refractivity contribution in [3.8, 4) is 17.2 Å². The molecule has 4 aromatic rings. The molecular formula is C26H24ClFN4O5. The molecule has 0 saturated heterocycles. The number of hydrogen-bond donors (Lipinski definition) is 4. The van der Waals surface area contributed by atoms with E-state index in [0.717, 1.165) is 6.07 Å². The highest BCUT2D eigenvalue weighted by Gasteiger charge is 2.39. The number of ether oxygens (including phenoxy) is 3. The molecule has 0 fully saturated rings. The summed E-state index contributed by atoms with van der Waals surface area (Å²) in [7, 11) is -1.40. The molecule has 11 heteroatoms. The van der Waals surface area contributed by atoms with Gasteiger partial charge >= 0.3 is 0 Å². The number of rotatable bonds is 7. The number of carbonyl (C=O) groups excluding carboxylic acids is 1. The predicted molar refractivity (Wildman–Crippen MR) is 137 cm³/mol. The predicted octanol–water partition coefficient (Wildman–Crippen LogP) is 5.01. The highest BCUT2D eigenvalue weighted by atomic mass is 35.5. The molecule has 0 radical (unpaired) electrons. The number of para-hydroxylation sites is 1. The van der Waals surface area contributed by atoms with Crippen molar-refractivity contribution < 1.29 is 32.6 Å². The molecule has 2 atom stereocenters. The maximum atomic E-state index is 14.3. The number of benzene rings is 2. The lowest BCUT2D eigenvalue weighted by Crippen LogP contribution is -2.53. The van der Waals surface area contributed by atoms with Crippen molar-refractivity contribution in [3.63, 3.8) is 0 Å². The average molecular weight is 530 g/mol. The summed E-state index contributed by atoms with van der Waals surface area (Å²) >= 11 is 6.53. The van der Waals surface area contributed by atoms with E-state index in [1.165, 1.54) is 43.6 Å². The molecule has 1 amide bonds. The van der Waals surface area contributed by atoms with Crippen molar-refractivity contribution in [1.82, 2.24) is 9.97 Å². The van der Waals surface area contributed by atoms with Gasteiger partial charge in [0.15, 0.2) is 17.3 Å². The molecule has 0 aliphatic carbocycles. The van der Waals surface area contributed by atoms with Crippen molar-refractivity contribution in [2.75, 3.05) is 31.4 Å². The number of nitrogens with one attached hydrogen (secondary N) is 3. The molecule has 4 N–H and O–H groups in total. The number of fused-ring (bicyclic) bond motifs is 3. The topological polar surface area (TPSA) is 118 Å². The molecule has 2 aromatic carbocycles. The van der Waals surface area contributed by atoms with Crippen molar-refractivity contribution >= 4 is 39.9 Å². The number of anilines is 2. The molecule has 0 saturated carbocycles. The second-order valence-electron chi connectivity index (χ2n) is 8.72. The number of aliphatic hydroxyl groups excluding tert-OH is 1. The summed E-state index contributed by atoms with van der Waals surface area (Å²) in [5, 5.41) is 18.1. The van der Waals surface area contributed by atoms with Gasteiger partial charge in [-0.05, 0) is 31.2 Å². The van der Waals surface area contributed by atoms with E-state index in [4.69, 9.17) is 29.9 Å². The summed E-state index contributed by atoms with van der Waals surface area (Å²) in [6.07, 6.45) is 1.89. The number of aromatic nitrogens is 2. The zero-order valence-electron chi connectivity index (χ0n) is 22.7. The number of carbonyl (C=O) groups is 1. The third-order valence-corrected chi connectivity index (χ3v) is 6.46. The minimum Gasteiger partial charge on any atom is -0.490 e. The Kier molecular flexibility index (Phi) is 5.48. The lowest BCUT2D eigenvalue weighted by atomic mass is 9.95. The highest BCUT2D eigenvalue weighted by Crippen LogP contribution is 2.42. The number of aliphatic hydroxyl groups is 1. The molecule has 192 valence electrons. The highest BCUT2D eigenvalue weighted by molar-refractivity contribution is 6.31. The van der Waals surface area contributed by atoms with E-state index >= 15 is 0 Å². The Morgan fingerprint density at radius 2 is 2.14 bits per heavy atom. The van der Waals surface area contributed by atoms with Gasteiger partial charge in [0.2, 0.25) is 0 Å². The molecule has 5 rings (SSSR count). The van der Waals surface area contributed by atoms with Gasteiger partial charge < -0.3 is 34.9 Å². The average Bonchev–Trinajstić information content (AvgIpc) is 3.31. The second-order valence-corrected chi connectivity index (χ2v) is 9.12. The first-order valence-electron chi connectivity index (χ1n) is 12.6. The second kappa shape index (κ2) is 9.55. The Hall–Kier alpha value is -3.86. The number of amides is 1. The van der Waals surface area contributed by atoms with Crippen molar-refractivity contribution in [2.24, 2.45) is 0 Å². The number of halogens is 2. The Morgan fingerprint density at radius 3 is 2.89 bits per heavy atom. The summed E-state index contributed by atoms with van der Waals surface area (Å²) < 4.78 is 51.9. The van der Waals surface area contributed by atoms with E-state index in [0.29, 0.717) is 33.5 Å². The molecule has 1 unspecified atom stereocenters. The smallest absolute Gasteiger partial charge is 0.252 e. The first kappa shape index (κ1) is 21.2. The lowest BCUT2D eigenvalue weighted by Gasteiger charge is -2.35. The largest absolute Gasteiger partial charge is 0.490 e. The Labute approximate surface area is 220 Å². The van der Waals surface area contributed by atoms with Crippen molar-refractivity contribution in [2.45, 2.75) is 18.6 Å². The van der Waals surface area contributed by atoms with Gasteiger partial charge in [-0.3, -0.25) is 4.79 Å². The van der Waals surface area contributed by atoms with E-state index in [-0.39, 0.29) is 29.0 Å². The van der Waals surface area contributed by atoms with Crippen LogP contribution in [0.5, 0.6) is 17.2 Å². The zero-order chi connectivity index (χ0) is 28.8. The van der Waals surface area contributed by atoms with Gasteiger partial charge in [-0.15, -0.1) is 0 Å². The summed E-state index contributed by atoms with van der Waals surface area (Å²) in [6, 6.07) is 8.17. The summed E-state index contributed by atoms with van der Waals surface area (Å²) in [5.74, 6) is -1.78. The first-order chi connectivity index (χ1) is 18.9. The van der Waals surface area contributed by atoms with Crippen LogP contribution < -0.4 is 20.1 Å². The number of methoxy groups -OCH3 is 2. The van der Waals surface area contributed by atoms with Gasteiger partial charge in [0.05, 0.1) is 45.7 Å². The third kappa shape index (κ3) is 4.33. The standard InChI is InChI=1S/C26H24ClFN4O5/c1-26(12-35-2)25(34)31-18-11-30-24-20(21(18)32-26)15(10-29-24)22(33)14-8-7-13(9-16(14)27)37-19-6-4-5-17(28)23(19)36-3/h4-11,22,32-33H,12H2,1-3H3,(H,29,30)(H,31,34)/t22?,26-/m0/s1/i3D3. The summed E-state index contributed by atoms with van der Waals surface area (Å²) in [4.78, 5) is 20.1. The van der Waals surface area contributed by atoms with E-state index in [1.807, 2.05) is 0 Å². The summed E-state index contributed by atoms with van der Waals surface area (Å²) in [5.41, 5.74) is 1.18. The van der Waals surface area contributed by atoms with Crippen molar-refractivity contribution in [3.05, 3.63) is 70.8 Å². The Bertz CT molecular complexity index is 1620. The van der Waals surface area contributed by atoms with E-state index in [9.17, 15) is 14.3 Å². The van der Waals surface area contributed by atoms with Crippen LogP contribution in [0.4, 0.5) is 15.8 Å². The van der Waals surface area contributed by atoms with Gasteiger partial charge in [-0.25, -0.2) is 9.37 Å². The van der Waals surface area contributed by atoms with Crippen LogP contribution in [0.1, 0.15) is 28.3 Å². The fourth-order valence-electron chi connectivity index (χ4n) is 4.30. The number of nitrogens with zero attached hydrogens (tertiary/aromatic N) is 1. The summed E-state index contributed by atoms with van der Waals surface area (Å²) in [6.45, 7) is 1.80. The zero-order valence-corrected chi connectivity index (χ0v) is 20.4. The number of aromatic amines is 1. The number of H-pyrrole nitrogens is 1. The van der Waals surface area contributed by atoms with Crippen LogP contribution in [-0.2, 0) is 9.53 Å². The minimum atomic E-state index is -2.89. The normalized spacial score (nSPS) is 19.2. The van der Waals surface area contributed by atoms with Gasteiger partial charge in [0, 0.05) is 24.4 Å². The first-order valence-corrected chi connectivity index (χ1v) is 11.5. The molecule has 0 bridgehead atoms. The fourth-order valence-corrected chi connectivity index (χ4v) is 4.57. The van der Waals surface area contributed by atoms with Crippen LogP contribution in [0.3, 0.4) is 0 Å². The van der Waals surface area contributed by atoms with Gasteiger partial charge in [0.25, 0.3) is 5.91 Å². The molecule has 2 aromatic heterocycles. The number of pyridine rings is 1. The van der Waals surface area contributed by atoms with Crippen LogP contribution in [-0.4, -0.2) is 47.3 Å². The maximum absolute atomic E-state index is 14.3. The monoisotopic (exact) mass is 529 g/mol. The Morgan fingerprint density at radius 1 is 1.30 bits per heavy atom.